The third kappa shape index (κ3) is 5.15. The molecule has 1 aromatic rings. The second-order valence-corrected chi connectivity index (χ2v) is 7.63. The Kier molecular flexibility index (Phi) is 5.03. The monoisotopic (exact) mass is 312 g/mol. The zero-order valence-electron chi connectivity index (χ0n) is 13.1. The predicted molar refractivity (Wildman–Crippen MR) is 83.6 cm³/mol. The number of hydrogen-bond acceptors (Lipinski definition) is 6. The minimum absolute atomic E-state index is 0.340. The zero-order valence-corrected chi connectivity index (χ0v) is 13.9. The molecule has 2 rings (SSSR count). The quantitative estimate of drug-likeness (QED) is 0.894. The van der Waals surface area contributed by atoms with E-state index in [1.807, 2.05) is 27.7 Å². The number of nitrogens with zero attached hydrogens (tertiary/aromatic N) is 2. The molecule has 0 spiro atoms. The summed E-state index contributed by atoms with van der Waals surface area (Å²) in [7, 11) is 0. The molecule has 1 aromatic heterocycles. The molecule has 118 valence electrons. The van der Waals surface area contributed by atoms with Gasteiger partial charge in [-0.2, -0.15) is 0 Å². The van der Waals surface area contributed by atoms with Gasteiger partial charge in [-0.1, -0.05) is 17.8 Å². The van der Waals surface area contributed by atoms with Gasteiger partial charge in [-0.3, -0.25) is 0 Å². The Balaban J connectivity index is 1.80. The number of carbonyl (C=O) groups is 1. The Morgan fingerprint density at radius 1 is 1.38 bits per heavy atom. The smallest absolute Gasteiger partial charge is 0.407 e. The van der Waals surface area contributed by atoms with Crippen molar-refractivity contribution in [3.05, 3.63) is 5.01 Å². The van der Waals surface area contributed by atoms with Gasteiger partial charge in [0.1, 0.15) is 10.6 Å². The first-order chi connectivity index (χ1) is 9.83. The molecule has 0 aromatic carbocycles. The van der Waals surface area contributed by atoms with Crippen LogP contribution in [-0.2, 0) is 4.74 Å². The minimum Gasteiger partial charge on any atom is -0.444 e. The molecular weight excluding hydrogens is 288 g/mol. The van der Waals surface area contributed by atoms with Crippen molar-refractivity contribution in [1.29, 1.82) is 0 Å². The summed E-state index contributed by atoms with van der Waals surface area (Å²) in [5.74, 6) is 0.404. The molecule has 0 radical (unpaired) electrons. The molecule has 1 heterocycles. The van der Waals surface area contributed by atoms with Gasteiger partial charge in [-0.25, -0.2) is 4.79 Å². The van der Waals surface area contributed by atoms with Gasteiger partial charge in [0, 0.05) is 12.6 Å². The van der Waals surface area contributed by atoms with Crippen LogP contribution in [0.4, 0.5) is 9.93 Å². The second kappa shape index (κ2) is 6.60. The van der Waals surface area contributed by atoms with Crippen molar-refractivity contribution in [2.45, 2.75) is 58.6 Å². The minimum atomic E-state index is -0.457. The average Bonchev–Trinajstić information content (AvgIpc) is 2.94. The van der Waals surface area contributed by atoms with E-state index in [2.05, 4.69) is 20.8 Å². The molecule has 1 aliphatic carbocycles. The number of aromatic nitrogens is 2. The Bertz CT molecular complexity index is 484. The van der Waals surface area contributed by atoms with E-state index in [-0.39, 0.29) is 6.09 Å². The van der Waals surface area contributed by atoms with E-state index in [0.29, 0.717) is 18.5 Å². The average molecular weight is 312 g/mol. The summed E-state index contributed by atoms with van der Waals surface area (Å²) in [6.45, 7) is 8.17. The lowest BCUT2D eigenvalue weighted by Crippen LogP contribution is -2.38. The fraction of sp³-hybridized carbons (Fsp3) is 0.786. The molecule has 2 N–H and O–H groups in total. The number of ether oxygens (including phenoxy) is 1. The summed E-state index contributed by atoms with van der Waals surface area (Å²) in [5.41, 5.74) is -0.457. The highest BCUT2D eigenvalue weighted by Crippen LogP contribution is 2.29. The molecule has 6 nitrogen and oxygen atoms in total. The maximum atomic E-state index is 11.7. The normalized spacial score (nSPS) is 22.1. The van der Waals surface area contributed by atoms with Crippen LogP contribution in [0.15, 0.2) is 0 Å². The number of amides is 1. The number of anilines is 1. The van der Waals surface area contributed by atoms with E-state index in [4.69, 9.17) is 4.74 Å². The molecular formula is C14H24N4O2S. The van der Waals surface area contributed by atoms with E-state index in [9.17, 15) is 4.79 Å². The van der Waals surface area contributed by atoms with E-state index in [1.54, 1.807) is 11.3 Å². The Morgan fingerprint density at radius 3 is 2.76 bits per heavy atom. The van der Waals surface area contributed by atoms with Crippen LogP contribution in [0.5, 0.6) is 0 Å². The summed E-state index contributed by atoms with van der Waals surface area (Å²) in [6.07, 6.45) is 3.01. The summed E-state index contributed by atoms with van der Waals surface area (Å²) in [4.78, 5) is 11.7. The molecule has 1 saturated carbocycles. The van der Waals surface area contributed by atoms with E-state index in [0.717, 1.165) is 29.4 Å². The van der Waals surface area contributed by atoms with Gasteiger partial charge in [0.15, 0.2) is 0 Å². The second-order valence-electron chi connectivity index (χ2n) is 6.45. The number of carbonyl (C=O) groups excluding carboxylic acids is 1. The predicted octanol–water partition coefficient (Wildman–Crippen LogP) is 2.95. The SMILES string of the molecule is Cc1nnc(NC2CCCC2CNC(=O)OC(C)(C)C)s1. The molecule has 21 heavy (non-hydrogen) atoms. The lowest BCUT2D eigenvalue weighted by molar-refractivity contribution is 0.0519. The largest absolute Gasteiger partial charge is 0.444 e. The number of rotatable bonds is 4. The maximum absolute atomic E-state index is 11.7. The van der Waals surface area contributed by atoms with Crippen LogP contribution in [0, 0.1) is 12.8 Å². The first-order valence-electron chi connectivity index (χ1n) is 7.37. The van der Waals surface area contributed by atoms with E-state index in [1.165, 1.54) is 0 Å². The van der Waals surface area contributed by atoms with Crippen molar-refractivity contribution in [1.82, 2.24) is 15.5 Å². The van der Waals surface area contributed by atoms with Crippen molar-refractivity contribution in [3.63, 3.8) is 0 Å². The molecule has 1 aliphatic rings. The molecule has 0 aliphatic heterocycles. The summed E-state index contributed by atoms with van der Waals surface area (Å²) < 4.78 is 5.26. The van der Waals surface area contributed by atoms with Crippen molar-refractivity contribution >= 4 is 22.6 Å². The van der Waals surface area contributed by atoms with Crippen molar-refractivity contribution in [2.24, 2.45) is 5.92 Å². The van der Waals surface area contributed by atoms with Crippen LogP contribution >= 0.6 is 11.3 Å². The summed E-state index contributed by atoms with van der Waals surface area (Å²) in [6, 6.07) is 0.340. The van der Waals surface area contributed by atoms with Gasteiger partial charge in [-0.05, 0) is 46.5 Å². The zero-order chi connectivity index (χ0) is 15.5. The van der Waals surface area contributed by atoms with Crippen molar-refractivity contribution in [2.75, 3.05) is 11.9 Å². The highest BCUT2D eigenvalue weighted by Gasteiger charge is 2.28. The first-order valence-corrected chi connectivity index (χ1v) is 8.18. The molecule has 1 amide bonds. The number of aryl methyl sites for hydroxylation is 1. The topological polar surface area (TPSA) is 76.1 Å². The number of hydrogen-bond donors (Lipinski definition) is 2. The fourth-order valence-electron chi connectivity index (χ4n) is 2.51. The van der Waals surface area contributed by atoms with Crippen LogP contribution in [0.1, 0.15) is 45.0 Å². The summed E-state index contributed by atoms with van der Waals surface area (Å²) >= 11 is 1.56. The maximum Gasteiger partial charge on any atom is 0.407 e. The Hall–Kier alpha value is -1.37. The molecule has 0 bridgehead atoms. The van der Waals surface area contributed by atoms with Crippen LogP contribution < -0.4 is 10.6 Å². The highest BCUT2D eigenvalue weighted by molar-refractivity contribution is 7.15. The van der Waals surface area contributed by atoms with Crippen LogP contribution in [0.25, 0.3) is 0 Å². The Labute approximate surface area is 129 Å². The fourth-order valence-corrected chi connectivity index (χ4v) is 3.17. The van der Waals surface area contributed by atoms with Crippen LogP contribution in [0.2, 0.25) is 0 Å². The van der Waals surface area contributed by atoms with E-state index >= 15 is 0 Å². The van der Waals surface area contributed by atoms with Crippen molar-refractivity contribution < 1.29 is 9.53 Å². The third-order valence-electron chi connectivity index (χ3n) is 3.40. The van der Waals surface area contributed by atoms with Gasteiger partial charge >= 0.3 is 6.09 Å². The van der Waals surface area contributed by atoms with Gasteiger partial charge in [0.2, 0.25) is 5.13 Å². The molecule has 1 fully saturated rings. The number of nitrogens with one attached hydrogen (secondary N) is 2. The standard InChI is InChI=1S/C14H24N4O2S/c1-9-17-18-12(21-9)16-11-7-5-6-10(11)8-15-13(19)20-14(2,3)4/h10-11H,5-8H2,1-4H3,(H,15,19)(H,16,18). The molecule has 2 unspecified atom stereocenters. The van der Waals surface area contributed by atoms with Gasteiger partial charge in [0.05, 0.1) is 0 Å². The lowest BCUT2D eigenvalue weighted by atomic mass is 10.0. The number of alkyl carbamates (subject to hydrolysis) is 1. The third-order valence-corrected chi connectivity index (χ3v) is 4.17. The van der Waals surface area contributed by atoms with Crippen LogP contribution in [-0.4, -0.2) is 34.5 Å². The van der Waals surface area contributed by atoms with Crippen LogP contribution in [0.3, 0.4) is 0 Å². The van der Waals surface area contributed by atoms with Gasteiger partial charge in [-0.15, -0.1) is 10.2 Å². The first kappa shape index (κ1) is 16.0. The Morgan fingerprint density at radius 2 is 2.14 bits per heavy atom. The molecule has 0 saturated heterocycles. The van der Waals surface area contributed by atoms with Crippen molar-refractivity contribution in [3.8, 4) is 0 Å². The lowest BCUT2D eigenvalue weighted by Gasteiger charge is -2.23. The molecule has 7 heteroatoms. The summed E-state index contributed by atoms with van der Waals surface area (Å²) in [5, 5.41) is 16.2. The molecule has 2 atom stereocenters. The van der Waals surface area contributed by atoms with Gasteiger partial charge < -0.3 is 15.4 Å². The van der Waals surface area contributed by atoms with E-state index < -0.39 is 5.60 Å². The van der Waals surface area contributed by atoms with Gasteiger partial charge in [0.25, 0.3) is 0 Å². The highest BCUT2D eigenvalue weighted by atomic mass is 32.1.